The van der Waals surface area contributed by atoms with E-state index in [2.05, 4.69) is 13.8 Å². The molecule has 0 aromatic heterocycles. The monoisotopic (exact) mass is 654 g/mol. The van der Waals surface area contributed by atoms with Gasteiger partial charge in [-0.15, -0.1) is 0 Å². The summed E-state index contributed by atoms with van der Waals surface area (Å²) < 4.78 is 45.8. The maximum absolute atomic E-state index is 12.7. The Morgan fingerprint density at radius 2 is 0.891 bits per heavy atom. The smallest absolute Gasteiger partial charge is 0.338 e. The van der Waals surface area contributed by atoms with Crippen LogP contribution in [0.4, 0.5) is 0 Å². The van der Waals surface area contributed by atoms with Crippen molar-refractivity contribution in [1.82, 2.24) is 0 Å². The third-order valence-electron chi connectivity index (χ3n) is 7.31. The third kappa shape index (κ3) is 19.6. The number of esters is 2. The molecule has 0 amide bonds. The van der Waals surface area contributed by atoms with Gasteiger partial charge in [-0.2, -0.15) is 0 Å². The van der Waals surface area contributed by atoms with E-state index in [-0.39, 0.29) is 38.6 Å². The van der Waals surface area contributed by atoms with Gasteiger partial charge < -0.3 is 37.9 Å². The van der Waals surface area contributed by atoms with E-state index >= 15 is 0 Å². The van der Waals surface area contributed by atoms with Gasteiger partial charge in [-0.1, -0.05) is 66.2 Å². The molecule has 0 spiro atoms. The van der Waals surface area contributed by atoms with Crippen molar-refractivity contribution >= 4 is 11.9 Å². The molecule has 46 heavy (non-hydrogen) atoms. The molecule has 1 aromatic carbocycles. The quantitative estimate of drug-likeness (QED) is 0.0470. The van der Waals surface area contributed by atoms with E-state index in [1.54, 1.807) is 24.3 Å². The molecule has 10 heteroatoms. The van der Waals surface area contributed by atoms with Crippen LogP contribution in [0.2, 0.25) is 0 Å². The molecule has 1 aromatic rings. The molecular weight excluding hydrogens is 592 g/mol. The minimum Gasteiger partial charge on any atom is -0.459 e. The van der Waals surface area contributed by atoms with Crippen molar-refractivity contribution in [2.75, 3.05) is 52.9 Å². The fourth-order valence-electron chi connectivity index (χ4n) is 4.39. The average molecular weight is 655 g/mol. The zero-order valence-electron chi connectivity index (χ0n) is 29.4. The Kier molecular flexibility index (Phi) is 25.5. The van der Waals surface area contributed by atoms with Gasteiger partial charge in [0, 0.05) is 26.4 Å². The van der Waals surface area contributed by atoms with Crippen LogP contribution in [0.3, 0.4) is 0 Å². The van der Waals surface area contributed by atoms with E-state index < -0.39 is 24.5 Å². The molecule has 0 bridgehead atoms. The number of benzene rings is 1. The number of hydrogen-bond acceptors (Lipinski definition) is 10. The third-order valence-corrected chi connectivity index (χ3v) is 7.31. The van der Waals surface area contributed by atoms with E-state index in [0.29, 0.717) is 50.4 Å². The van der Waals surface area contributed by atoms with Gasteiger partial charge in [0.05, 0.1) is 36.5 Å². The molecule has 4 unspecified atom stereocenters. The van der Waals surface area contributed by atoms with Crippen LogP contribution in [0.1, 0.15) is 126 Å². The number of carbonyl (C=O) groups excluding carboxylic acids is 2. The summed E-state index contributed by atoms with van der Waals surface area (Å²) in [4.78, 5) is 25.3. The molecule has 0 saturated carbocycles. The Labute approximate surface area is 278 Å². The molecule has 1 rings (SSSR count). The molecule has 0 aliphatic carbocycles. The Bertz CT molecular complexity index is 807. The van der Waals surface area contributed by atoms with Crippen LogP contribution in [-0.2, 0) is 37.9 Å². The normalized spacial score (nSPS) is 14.0. The van der Waals surface area contributed by atoms with E-state index in [0.717, 1.165) is 25.7 Å². The first-order valence-electron chi connectivity index (χ1n) is 17.6. The summed E-state index contributed by atoms with van der Waals surface area (Å²) in [5, 5.41) is 0. The van der Waals surface area contributed by atoms with Gasteiger partial charge in [-0.3, -0.25) is 0 Å². The van der Waals surface area contributed by atoms with Crippen molar-refractivity contribution in [3.8, 4) is 0 Å². The average Bonchev–Trinajstić information content (AvgIpc) is 3.07. The SMILES string of the molecule is CCCCCCOC(COC(CC)COC(=O)c1ccc(C(=O)OCC(CC)OCC(OCC)OCCCCCC)cc1)OCC. The summed E-state index contributed by atoms with van der Waals surface area (Å²) in [6.45, 7) is 15.1. The lowest BCUT2D eigenvalue weighted by molar-refractivity contribution is -0.182. The fourth-order valence-corrected chi connectivity index (χ4v) is 4.39. The molecule has 266 valence electrons. The highest BCUT2D eigenvalue weighted by Crippen LogP contribution is 2.12. The second-order valence-electron chi connectivity index (χ2n) is 11.1. The Hall–Kier alpha value is -2.08. The molecule has 0 saturated heterocycles. The van der Waals surface area contributed by atoms with Gasteiger partial charge in [0.1, 0.15) is 13.2 Å². The largest absolute Gasteiger partial charge is 0.459 e. The zero-order chi connectivity index (χ0) is 33.8. The van der Waals surface area contributed by atoms with Crippen LogP contribution < -0.4 is 0 Å². The summed E-state index contributed by atoms with van der Waals surface area (Å²) in [5.74, 6) is -0.988. The lowest BCUT2D eigenvalue weighted by Crippen LogP contribution is -2.30. The Balaban J connectivity index is 2.48. The van der Waals surface area contributed by atoms with Gasteiger partial charge in [0.2, 0.25) is 0 Å². The number of carbonyl (C=O) groups is 2. The van der Waals surface area contributed by atoms with Gasteiger partial charge >= 0.3 is 11.9 Å². The van der Waals surface area contributed by atoms with E-state index in [9.17, 15) is 9.59 Å². The maximum Gasteiger partial charge on any atom is 0.338 e. The molecule has 4 atom stereocenters. The van der Waals surface area contributed by atoms with Crippen molar-refractivity contribution in [3.05, 3.63) is 35.4 Å². The fraction of sp³-hybridized carbons (Fsp3) is 0.778. The first-order valence-corrected chi connectivity index (χ1v) is 17.6. The molecule has 10 nitrogen and oxygen atoms in total. The molecular formula is C36H62O10. The summed E-state index contributed by atoms with van der Waals surface area (Å²) in [5.41, 5.74) is 0.667. The molecule has 0 radical (unpaired) electrons. The predicted octanol–water partition coefficient (Wildman–Crippen LogP) is 7.51. The zero-order valence-corrected chi connectivity index (χ0v) is 29.4. The minimum atomic E-state index is -0.494. The van der Waals surface area contributed by atoms with E-state index in [1.165, 1.54) is 25.7 Å². The lowest BCUT2D eigenvalue weighted by Gasteiger charge is -2.22. The van der Waals surface area contributed by atoms with Crippen molar-refractivity contribution in [2.45, 2.75) is 131 Å². The minimum absolute atomic E-state index is 0.0981. The highest BCUT2D eigenvalue weighted by molar-refractivity contribution is 5.93. The van der Waals surface area contributed by atoms with Gasteiger partial charge in [0.15, 0.2) is 12.6 Å². The maximum atomic E-state index is 12.7. The van der Waals surface area contributed by atoms with Crippen LogP contribution >= 0.6 is 0 Å². The number of rotatable bonds is 30. The molecule has 0 fully saturated rings. The summed E-state index contributed by atoms with van der Waals surface area (Å²) >= 11 is 0. The number of unbranched alkanes of at least 4 members (excludes halogenated alkanes) is 6. The highest BCUT2D eigenvalue weighted by atomic mass is 16.7. The first kappa shape index (κ1) is 41.9. The second kappa shape index (κ2) is 28.0. The van der Waals surface area contributed by atoms with Crippen LogP contribution in [-0.4, -0.2) is 89.6 Å². The predicted molar refractivity (Wildman–Crippen MR) is 178 cm³/mol. The molecule has 0 heterocycles. The first-order chi connectivity index (χ1) is 22.4. The van der Waals surface area contributed by atoms with Gasteiger partial charge in [-0.25, -0.2) is 9.59 Å². The molecule has 0 N–H and O–H groups in total. The number of hydrogen-bond donors (Lipinski definition) is 0. The summed E-state index contributed by atoms with van der Waals surface area (Å²) in [6, 6.07) is 6.21. The van der Waals surface area contributed by atoms with Gasteiger partial charge in [-0.05, 0) is 63.8 Å². The molecule has 0 aliphatic heterocycles. The van der Waals surface area contributed by atoms with Crippen LogP contribution in [0, 0.1) is 0 Å². The van der Waals surface area contributed by atoms with Crippen LogP contribution in [0.15, 0.2) is 24.3 Å². The Morgan fingerprint density at radius 3 is 1.22 bits per heavy atom. The van der Waals surface area contributed by atoms with Crippen molar-refractivity contribution < 1.29 is 47.5 Å². The number of ether oxygens (including phenoxy) is 8. The standard InChI is InChI=1S/C36H62O10/c1-7-13-15-17-23-41-33(39-11-5)27-43-31(9-3)25-45-35(37)29-19-21-30(22-20-29)36(38)46-26-32(10-4)44-28-34(40-12-6)42-24-18-16-14-8-2/h19-22,31-34H,7-18,23-28H2,1-6H3. The van der Waals surface area contributed by atoms with Crippen LogP contribution in [0.25, 0.3) is 0 Å². The molecule has 0 aliphatic rings. The highest BCUT2D eigenvalue weighted by Gasteiger charge is 2.19. The van der Waals surface area contributed by atoms with E-state index in [1.807, 2.05) is 27.7 Å². The van der Waals surface area contributed by atoms with Crippen molar-refractivity contribution in [2.24, 2.45) is 0 Å². The van der Waals surface area contributed by atoms with E-state index in [4.69, 9.17) is 37.9 Å². The Morgan fingerprint density at radius 1 is 0.500 bits per heavy atom. The van der Waals surface area contributed by atoms with Crippen LogP contribution in [0.5, 0.6) is 0 Å². The lowest BCUT2D eigenvalue weighted by atomic mass is 10.1. The summed E-state index contributed by atoms with van der Waals surface area (Å²) in [7, 11) is 0. The topological polar surface area (TPSA) is 108 Å². The van der Waals surface area contributed by atoms with Crippen molar-refractivity contribution in [1.29, 1.82) is 0 Å². The van der Waals surface area contributed by atoms with Gasteiger partial charge in [0.25, 0.3) is 0 Å². The van der Waals surface area contributed by atoms with Crippen molar-refractivity contribution in [3.63, 3.8) is 0 Å². The second-order valence-corrected chi connectivity index (χ2v) is 11.1. The summed E-state index contributed by atoms with van der Waals surface area (Å²) in [6.07, 6.45) is 8.80.